The van der Waals surface area contributed by atoms with Gasteiger partial charge in [0.15, 0.2) is 5.16 Å². The zero-order valence-corrected chi connectivity index (χ0v) is 9.51. The van der Waals surface area contributed by atoms with E-state index in [-0.39, 0.29) is 5.56 Å². The van der Waals surface area contributed by atoms with Gasteiger partial charge in [0.05, 0.1) is 0 Å². The molecule has 2 unspecified atom stereocenters. The average Bonchev–Trinajstić information content (AvgIpc) is 2.65. The molecule has 4 nitrogen and oxygen atoms in total. The minimum absolute atomic E-state index is 0.0773. The van der Waals surface area contributed by atoms with Crippen LogP contribution in [0, 0.1) is 0 Å². The summed E-state index contributed by atoms with van der Waals surface area (Å²) in [6.07, 6.45) is 5.21. The third-order valence-electron chi connectivity index (χ3n) is 2.73. The molecule has 0 saturated heterocycles. The van der Waals surface area contributed by atoms with E-state index in [0.29, 0.717) is 11.3 Å². The number of nitrogens with one attached hydrogen (secondary N) is 2. The molecule has 0 radical (unpaired) electrons. The van der Waals surface area contributed by atoms with E-state index in [9.17, 15) is 4.79 Å². The molecule has 1 aliphatic rings. The molecule has 1 saturated carbocycles. The van der Waals surface area contributed by atoms with Crippen LogP contribution in [0.3, 0.4) is 0 Å². The Hall–Kier alpha value is -0.810. The van der Waals surface area contributed by atoms with Gasteiger partial charge in [0.25, 0.3) is 5.56 Å². The monoisotopic (exact) mass is 225 g/mol. The number of rotatable bonds is 3. The maximum Gasteiger partial charge on any atom is 0.251 e. The molecule has 15 heavy (non-hydrogen) atoms. The molecule has 1 aromatic heterocycles. The molecule has 0 aromatic carbocycles. The predicted octanol–water partition coefficient (Wildman–Crippen LogP) is 1.00. The second-order valence-corrected chi connectivity index (χ2v) is 4.95. The molecule has 1 heterocycles. The molecule has 1 fully saturated rings. The molecule has 2 N–H and O–H groups in total. The first-order valence-electron chi connectivity index (χ1n) is 5.19. The molecule has 1 aliphatic carbocycles. The lowest BCUT2D eigenvalue weighted by Crippen LogP contribution is -2.30. The van der Waals surface area contributed by atoms with Crippen molar-refractivity contribution in [3.05, 3.63) is 22.6 Å². The molecular formula is C10H15N3OS. The Morgan fingerprint density at radius 1 is 1.60 bits per heavy atom. The second kappa shape index (κ2) is 4.81. The summed E-state index contributed by atoms with van der Waals surface area (Å²) in [6.45, 7) is 0. The van der Waals surface area contributed by atoms with Crippen molar-refractivity contribution in [1.29, 1.82) is 0 Å². The Bertz CT molecular complexity index is 379. The summed E-state index contributed by atoms with van der Waals surface area (Å²) < 4.78 is 0. The van der Waals surface area contributed by atoms with Crippen molar-refractivity contribution in [3.63, 3.8) is 0 Å². The summed E-state index contributed by atoms with van der Waals surface area (Å²) >= 11 is 1.67. The summed E-state index contributed by atoms with van der Waals surface area (Å²) in [5, 5.41) is 4.57. The highest BCUT2D eigenvalue weighted by Crippen LogP contribution is 2.32. The average molecular weight is 225 g/mol. The molecule has 5 heteroatoms. The van der Waals surface area contributed by atoms with Crippen molar-refractivity contribution in [3.8, 4) is 0 Å². The van der Waals surface area contributed by atoms with Crippen LogP contribution in [0.15, 0.2) is 22.2 Å². The van der Waals surface area contributed by atoms with Crippen LogP contribution in [0.4, 0.5) is 0 Å². The summed E-state index contributed by atoms with van der Waals surface area (Å²) in [5.41, 5.74) is -0.0773. The van der Waals surface area contributed by atoms with Gasteiger partial charge in [-0.25, -0.2) is 4.98 Å². The van der Waals surface area contributed by atoms with Crippen LogP contribution >= 0.6 is 11.8 Å². The number of thioether (sulfide) groups is 1. The van der Waals surface area contributed by atoms with Crippen LogP contribution in [0.1, 0.15) is 19.3 Å². The molecule has 2 atom stereocenters. The van der Waals surface area contributed by atoms with Crippen molar-refractivity contribution in [2.75, 3.05) is 7.05 Å². The fourth-order valence-corrected chi connectivity index (χ4v) is 3.24. The highest BCUT2D eigenvalue weighted by atomic mass is 32.2. The Morgan fingerprint density at radius 2 is 2.47 bits per heavy atom. The van der Waals surface area contributed by atoms with Crippen LogP contribution in [0.2, 0.25) is 0 Å². The van der Waals surface area contributed by atoms with Crippen LogP contribution in [0.5, 0.6) is 0 Å². The maximum atomic E-state index is 11.1. The minimum atomic E-state index is -0.0773. The zero-order chi connectivity index (χ0) is 10.7. The van der Waals surface area contributed by atoms with Crippen LogP contribution in [-0.2, 0) is 0 Å². The van der Waals surface area contributed by atoms with E-state index in [1.807, 2.05) is 7.05 Å². The normalized spacial score (nSPS) is 25.7. The lowest BCUT2D eigenvalue weighted by Gasteiger charge is -2.17. The fourth-order valence-electron chi connectivity index (χ4n) is 1.95. The third-order valence-corrected chi connectivity index (χ3v) is 4.03. The van der Waals surface area contributed by atoms with Gasteiger partial charge >= 0.3 is 0 Å². The zero-order valence-electron chi connectivity index (χ0n) is 8.69. The lowest BCUT2D eigenvalue weighted by molar-refractivity contribution is 0.590. The van der Waals surface area contributed by atoms with Crippen molar-refractivity contribution in [1.82, 2.24) is 15.3 Å². The number of nitrogens with zero attached hydrogens (tertiary/aromatic N) is 1. The smallest absolute Gasteiger partial charge is 0.251 e. The predicted molar refractivity (Wildman–Crippen MR) is 61.2 cm³/mol. The highest BCUT2D eigenvalue weighted by Gasteiger charge is 2.27. The number of hydrogen-bond acceptors (Lipinski definition) is 4. The van der Waals surface area contributed by atoms with E-state index in [4.69, 9.17) is 0 Å². The Kier molecular flexibility index (Phi) is 3.43. The number of H-pyrrole nitrogens is 1. The molecule has 1 aromatic rings. The first-order chi connectivity index (χ1) is 7.29. The van der Waals surface area contributed by atoms with Gasteiger partial charge in [-0.05, 0) is 19.9 Å². The van der Waals surface area contributed by atoms with Gasteiger partial charge in [0, 0.05) is 23.6 Å². The van der Waals surface area contributed by atoms with Gasteiger partial charge in [0.1, 0.15) is 0 Å². The quantitative estimate of drug-likeness (QED) is 0.754. The van der Waals surface area contributed by atoms with Crippen molar-refractivity contribution in [2.24, 2.45) is 0 Å². The topological polar surface area (TPSA) is 57.8 Å². The lowest BCUT2D eigenvalue weighted by atomic mass is 10.2. The molecule has 0 aliphatic heterocycles. The third kappa shape index (κ3) is 2.60. The number of aromatic amines is 1. The SMILES string of the molecule is CNC1CCCC1Sc1nccc(=O)[nH]1. The fraction of sp³-hybridized carbons (Fsp3) is 0.600. The number of hydrogen-bond donors (Lipinski definition) is 2. The van der Waals surface area contributed by atoms with Crippen LogP contribution < -0.4 is 10.9 Å². The van der Waals surface area contributed by atoms with E-state index >= 15 is 0 Å². The summed E-state index contributed by atoms with van der Waals surface area (Å²) in [5.74, 6) is 0. The van der Waals surface area contributed by atoms with E-state index in [2.05, 4.69) is 15.3 Å². The van der Waals surface area contributed by atoms with Gasteiger partial charge in [-0.2, -0.15) is 0 Å². The largest absolute Gasteiger partial charge is 0.316 e. The molecule has 0 spiro atoms. The van der Waals surface area contributed by atoms with Crippen molar-refractivity contribution < 1.29 is 0 Å². The Labute approximate surface area is 92.9 Å². The summed E-state index contributed by atoms with van der Waals surface area (Å²) in [7, 11) is 1.99. The Balaban J connectivity index is 2.05. The van der Waals surface area contributed by atoms with Crippen molar-refractivity contribution in [2.45, 2.75) is 35.7 Å². The molecular weight excluding hydrogens is 210 g/mol. The van der Waals surface area contributed by atoms with Gasteiger partial charge in [0.2, 0.25) is 0 Å². The van der Waals surface area contributed by atoms with E-state index in [1.165, 1.54) is 25.3 Å². The van der Waals surface area contributed by atoms with Crippen LogP contribution in [-0.4, -0.2) is 28.3 Å². The van der Waals surface area contributed by atoms with Crippen LogP contribution in [0.25, 0.3) is 0 Å². The highest BCUT2D eigenvalue weighted by molar-refractivity contribution is 7.99. The minimum Gasteiger partial charge on any atom is -0.316 e. The van der Waals surface area contributed by atoms with Gasteiger partial charge in [-0.3, -0.25) is 4.79 Å². The van der Waals surface area contributed by atoms with E-state index < -0.39 is 0 Å². The van der Waals surface area contributed by atoms with E-state index in [1.54, 1.807) is 18.0 Å². The molecule has 0 amide bonds. The second-order valence-electron chi connectivity index (χ2n) is 3.72. The molecule has 82 valence electrons. The molecule has 0 bridgehead atoms. The first-order valence-corrected chi connectivity index (χ1v) is 6.07. The number of aromatic nitrogens is 2. The van der Waals surface area contributed by atoms with Gasteiger partial charge < -0.3 is 10.3 Å². The van der Waals surface area contributed by atoms with E-state index in [0.717, 1.165) is 5.16 Å². The summed E-state index contributed by atoms with van der Waals surface area (Å²) in [6, 6.07) is 1.98. The standard InChI is InChI=1S/C10H15N3OS/c1-11-7-3-2-4-8(7)15-10-12-6-5-9(14)13-10/h5-8,11H,2-4H2,1H3,(H,12,13,14). The van der Waals surface area contributed by atoms with Gasteiger partial charge in [-0.15, -0.1) is 0 Å². The Morgan fingerprint density at radius 3 is 3.20 bits per heavy atom. The summed E-state index contributed by atoms with van der Waals surface area (Å²) in [4.78, 5) is 18.0. The van der Waals surface area contributed by atoms with Gasteiger partial charge in [-0.1, -0.05) is 18.2 Å². The van der Waals surface area contributed by atoms with Crippen molar-refractivity contribution >= 4 is 11.8 Å². The molecule has 2 rings (SSSR count). The first kappa shape index (κ1) is 10.7. The maximum absolute atomic E-state index is 11.1.